The summed E-state index contributed by atoms with van der Waals surface area (Å²) in [7, 11) is 1.60. The van der Waals surface area contributed by atoms with Gasteiger partial charge in [-0.1, -0.05) is 12.1 Å². The third-order valence-electron chi connectivity index (χ3n) is 2.18. The predicted octanol–water partition coefficient (Wildman–Crippen LogP) is 2.20. The first-order valence-corrected chi connectivity index (χ1v) is 5.48. The summed E-state index contributed by atoms with van der Waals surface area (Å²) in [4.78, 5) is 5.27. The first-order valence-electron chi connectivity index (χ1n) is 4.60. The van der Waals surface area contributed by atoms with E-state index in [1.165, 1.54) is 0 Å². The molecule has 0 aliphatic rings. The van der Waals surface area contributed by atoms with Gasteiger partial charge in [-0.15, -0.1) is 11.3 Å². The zero-order chi connectivity index (χ0) is 10.7. The number of nitrogens with zero attached hydrogens (tertiary/aromatic N) is 1. The van der Waals surface area contributed by atoms with Crippen LogP contribution in [-0.2, 0) is 0 Å². The van der Waals surface area contributed by atoms with Gasteiger partial charge in [-0.2, -0.15) is 0 Å². The highest BCUT2D eigenvalue weighted by Crippen LogP contribution is 2.23. The van der Waals surface area contributed by atoms with Crippen LogP contribution in [0.4, 0.5) is 0 Å². The minimum Gasteiger partial charge on any atom is -0.481 e. The zero-order valence-electron chi connectivity index (χ0n) is 8.38. The van der Waals surface area contributed by atoms with Crippen LogP contribution in [0.2, 0.25) is 0 Å². The number of hydrogen-bond donors (Lipinski definition) is 1. The molecule has 0 unspecified atom stereocenters. The fourth-order valence-corrected chi connectivity index (χ4v) is 2.08. The minimum absolute atomic E-state index is 0.0941. The van der Waals surface area contributed by atoms with Gasteiger partial charge in [0.05, 0.1) is 13.2 Å². The van der Waals surface area contributed by atoms with E-state index in [0.717, 1.165) is 10.4 Å². The van der Waals surface area contributed by atoms with Crippen molar-refractivity contribution in [1.82, 2.24) is 4.98 Å². The standard InChI is InChI=1S/C11H12N2OS/c1-14-10-5-4-8(7-13-10)11(12)9-3-2-6-15-9/h2-7,11H,12H2,1H3/t11-/m1/s1. The lowest BCUT2D eigenvalue weighted by molar-refractivity contribution is 0.397. The van der Waals surface area contributed by atoms with E-state index in [-0.39, 0.29) is 6.04 Å². The Kier molecular flexibility index (Phi) is 2.99. The molecule has 0 fully saturated rings. The normalized spacial score (nSPS) is 12.4. The maximum atomic E-state index is 6.08. The molecule has 0 spiro atoms. The van der Waals surface area contributed by atoms with Gasteiger partial charge in [-0.3, -0.25) is 0 Å². The van der Waals surface area contributed by atoms with Crippen LogP contribution >= 0.6 is 11.3 Å². The van der Waals surface area contributed by atoms with E-state index in [1.54, 1.807) is 24.6 Å². The van der Waals surface area contributed by atoms with Crippen molar-refractivity contribution in [2.75, 3.05) is 7.11 Å². The smallest absolute Gasteiger partial charge is 0.212 e. The second kappa shape index (κ2) is 4.42. The predicted molar refractivity (Wildman–Crippen MR) is 61.1 cm³/mol. The summed E-state index contributed by atoms with van der Waals surface area (Å²) in [6, 6.07) is 7.69. The summed E-state index contributed by atoms with van der Waals surface area (Å²) < 4.78 is 4.99. The van der Waals surface area contributed by atoms with Gasteiger partial charge in [0.25, 0.3) is 0 Å². The Balaban J connectivity index is 2.22. The van der Waals surface area contributed by atoms with Crippen LogP contribution in [0, 0.1) is 0 Å². The Morgan fingerprint density at radius 2 is 2.27 bits per heavy atom. The average Bonchev–Trinajstić information content (AvgIpc) is 2.82. The SMILES string of the molecule is COc1ccc([C@@H](N)c2cccs2)cn1. The molecule has 0 saturated carbocycles. The number of pyridine rings is 1. The first kappa shape index (κ1) is 10.1. The molecule has 0 radical (unpaired) electrons. The highest BCUT2D eigenvalue weighted by Gasteiger charge is 2.09. The van der Waals surface area contributed by atoms with Crippen molar-refractivity contribution in [3.63, 3.8) is 0 Å². The number of nitrogens with two attached hydrogens (primary N) is 1. The number of methoxy groups -OCH3 is 1. The molecule has 1 atom stereocenters. The molecule has 0 aromatic carbocycles. The number of ether oxygens (including phenoxy) is 1. The van der Waals surface area contributed by atoms with Crippen LogP contribution in [0.25, 0.3) is 0 Å². The van der Waals surface area contributed by atoms with Crippen LogP contribution in [-0.4, -0.2) is 12.1 Å². The highest BCUT2D eigenvalue weighted by atomic mass is 32.1. The van der Waals surface area contributed by atoms with Crippen LogP contribution in [0.5, 0.6) is 5.88 Å². The van der Waals surface area contributed by atoms with Crippen molar-refractivity contribution in [2.24, 2.45) is 5.73 Å². The molecule has 0 bridgehead atoms. The van der Waals surface area contributed by atoms with Gasteiger partial charge < -0.3 is 10.5 Å². The summed E-state index contributed by atoms with van der Waals surface area (Å²) in [6.45, 7) is 0. The number of hydrogen-bond acceptors (Lipinski definition) is 4. The number of aromatic nitrogens is 1. The van der Waals surface area contributed by atoms with Gasteiger partial charge in [-0.05, 0) is 17.0 Å². The molecule has 2 aromatic rings. The molecular formula is C11H12N2OS. The van der Waals surface area contributed by atoms with E-state index in [2.05, 4.69) is 4.98 Å². The molecule has 0 amide bonds. The van der Waals surface area contributed by atoms with Crippen molar-refractivity contribution in [3.05, 3.63) is 46.3 Å². The first-order chi connectivity index (χ1) is 7.31. The lowest BCUT2D eigenvalue weighted by Gasteiger charge is -2.09. The topological polar surface area (TPSA) is 48.1 Å². The molecule has 15 heavy (non-hydrogen) atoms. The van der Waals surface area contributed by atoms with Gasteiger partial charge >= 0.3 is 0 Å². The molecule has 0 aliphatic carbocycles. The van der Waals surface area contributed by atoms with E-state index in [1.807, 2.05) is 29.6 Å². The van der Waals surface area contributed by atoms with E-state index in [4.69, 9.17) is 10.5 Å². The average molecular weight is 220 g/mol. The fraction of sp³-hybridized carbons (Fsp3) is 0.182. The maximum Gasteiger partial charge on any atom is 0.212 e. The second-order valence-corrected chi connectivity index (χ2v) is 4.11. The molecule has 2 heterocycles. The van der Waals surface area contributed by atoms with Crippen molar-refractivity contribution >= 4 is 11.3 Å². The van der Waals surface area contributed by atoms with Crippen LogP contribution < -0.4 is 10.5 Å². The number of thiophene rings is 1. The molecule has 2 aromatic heterocycles. The lowest BCUT2D eigenvalue weighted by Crippen LogP contribution is -2.10. The van der Waals surface area contributed by atoms with Crippen molar-refractivity contribution in [2.45, 2.75) is 6.04 Å². The summed E-state index contributed by atoms with van der Waals surface area (Å²) >= 11 is 1.65. The summed E-state index contributed by atoms with van der Waals surface area (Å²) in [6.07, 6.45) is 1.75. The van der Waals surface area contributed by atoms with Crippen LogP contribution in [0.15, 0.2) is 35.8 Å². The highest BCUT2D eigenvalue weighted by molar-refractivity contribution is 7.10. The third kappa shape index (κ3) is 2.16. The Hall–Kier alpha value is -1.39. The van der Waals surface area contributed by atoms with Gasteiger partial charge in [0, 0.05) is 17.1 Å². The lowest BCUT2D eigenvalue weighted by atomic mass is 10.1. The molecular weight excluding hydrogens is 208 g/mol. The van der Waals surface area contributed by atoms with Crippen molar-refractivity contribution in [3.8, 4) is 5.88 Å². The fourth-order valence-electron chi connectivity index (χ4n) is 1.33. The Morgan fingerprint density at radius 1 is 1.40 bits per heavy atom. The van der Waals surface area contributed by atoms with Gasteiger partial charge in [-0.25, -0.2) is 4.98 Å². The Bertz CT molecular complexity index is 411. The third-order valence-corrected chi connectivity index (χ3v) is 3.13. The Labute approximate surface area is 92.5 Å². The van der Waals surface area contributed by atoms with Crippen LogP contribution in [0.1, 0.15) is 16.5 Å². The Morgan fingerprint density at radius 3 is 2.80 bits per heavy atom. The van der Waals surface area contributed by atoms with Crippen molar-refractivity contribution in [1.29, 1.82) is 0 Å². The van der Waals surface area contributed by atoms with Crippen molar-refractivity contribution < 1.29 is 4.74 Å². The van der Waals surface area contributed by atoms with Gasteiger partial charge in [0.1, 0.15) is 0 Å². The zero-order valence-corrected chi connectivity index (χ0v) is 9.20. The molecule has 2 rings (SSSR count). The molecule has 78 valence electrons. The van der Waals surface area contributed by atoms with E-state index in [0.29, 0.717) is 5.88 Å². The molecule has 2 N–H and O–H groups in total. The molecule has 0 aliphatic heterocycles. The second-order valence-electron chi connectivity index (χ2n) is 3.13. The maximum absolute atomic E-state index is 6.08. The van der Waals surface area contributed by atoms with E-state index in [9.17, 15) is 0 Å². The summed E-state index contributed by atoms with van der Waals surface area (Å²) in [5.74, 6) is 0.608. The number of rotatable bonds is 3. The molecule has 4 heteroatoms. The van der Waals surface area contributed by atoms with Crippen LogP contribution in [0.3, 0.4) is 0 Å². The van der Waals surface area contributed by atoms with Gasteiger partial charge in [0.2, 0.25) is 5.88 Å². The largest absolute Gasteiger partial charge is 0.481 e. The van der Waals surface area contributed by atoms with E-state index >= 15 is 0 Å². The summed E-state index contributed by atoms with van der Waals surface area (Å²) in [5.41, 5.74) is 7.08. The monoisotopic (exact) mass is 220 g/mol. The molecule has 0 saturated heterocycles. The quantitative estimate of drug-likeness (QED) is 0.862. The van der Waals surface area contributed by atoms with Gasteiger partial charge in [0.15, 0.2) is 0 Å². The summed E-state index contributed by atoms with van der Waals surface area (Å²) in [5, 5.41) is 2.02. The molecule has 3 nitrogen and oxygen atoms in total. The minimum atomic E-state index is -0.0941. The van der Waals surface area contributed by atoms with E-state index < -0.39 is 0 Å².